The van der Waals surface area contributed by atoms with Gasteiger partial charge in [-0.1, -0.05) is 12.1 Å². The summed E-state index contributed by atoms with van der Waals surface area (Å²) in [4.78, 5) is 14.7. The van der Waals surface area contributed by atoms with E-state index in [1.54, 1.807) is 24.1 Å². The number of hydrogen-bond acceptors (Lipinski definition) is 3. The fourth-order valence-corrected chi connectivity index (χ4v) is 5.37. The van der Waals surface area contributed by atoms with Gasteiger partial charge in [-0.25, -0.2) is 4.39 Å². The molecule has 1 amide bonds. The van der Waals surface area contributed by atoms with E-state index in [0.29, 0.717) is 24.1 Å². The minimum atomic E-state index is -4.98. The normalized spacial score (nSPS) is 27.4. The zero-order chi connectivity index (χ0) is 27.3. The van der Waals surface area contributed by atoms with Crippen molar-refractivity contribution < 1.29 is 40.3 Å². The Kier molecular flexibility index (Phi) is 7.09. The van der Waals surface area contributed by atoms with E-state index < -0.39 is 53.0 Å². The number of fused-ring (bicyclic) bond motifs is 1. The van der Waals surface area contributed by atoms with Gasteiger partial charge >= 0.3 is 12.4 Å². The van der Waals surface area contributed by atoms with E-state index in [4.69, 9.17) is 4.74 Å². The summed E-state index contributed by atoms with van der Waals surface area (Å²) in [6.07, 6.45) is -11.1. The molecular formula is C26H27F7N2O2. The molecule has 2 aromatic rings. The van der Waals surface area contributed by atoms with E-state index in [0.717, 1.165) is 0 Å². The molecule has 5 atom stereocenters. The number of carbonyl (C=O) groups excluding carboxylic acids is 1. The number of carbonyl (C=O) groups is 1. The van der Waals surface area contributed by atoms with E-state index in [1.165, 1.54) is 19.1 Å². The molecule has 2 aliphatic heterocycles. The van der Waals surface area contributed by atoms with E-state index >= 15 is 0 Å². The smallest absolute Gasteiger partial charge is 0.368 e. The summed E-state index contributed by atoms with van der Waals surface area (Å²) in [5, 5.41) is 3.17. The minimum Gasteiger partial charge on any atom is -0.368 e. The van der Waals surface area contributed by atoms with E-state index in [9.17, 15) is 35.5 Å². The third-order valence-corrected chi connectivity index (χ3v) is 7.43. The molecule has 2 saturated heterocycles. The minimum absolute atomic E-state index is 0.0740. The molecule has 0 saturated carbocycles. The molecule has 37 heavy (non-hydrogen) atoms. The average Bonchev–Trinajstić information content (AvgIpc) is 3.16. The van der Waals surface area contributed by atoms with Crippen LogP contribution in [0.1, 0.15) is 61.0 Å². The van der Waals surface area contributed by atoms with Crippen molar-refractivity contribution in [2.45, 2.75) is 68.7 Å². The lowest BCUT2D eigenvalue weighted by Gasteiger charge is -2.43. The van der Waals surface area contributed by atoms with Gasteiger partial charge in [0.25, 0.3) is 0 Å². The Morgan fingerprint density at radius 2 is 1.59 bits per heavy atom. The predicted octanol–water partition coefficient (Wildman–Crippen LogP) is 6.08. The van der Waals surface area contributed by atoms with Crippen LogP contribution in [-0.4, -0.2) is 42.1 Å². The number of hydrogen-bond donors (Lipinski definition) is 1. The third-order valence-electron chi connectivity index (χ3n) is 7.43. The van der Waals surface area contributed by atoms with Gasteiger partial charge in [-0.2, -0.15) is 26.3 Å². The first-order valence-corrected chi connectivity index (χ1v) is 11.8. The van der Waals surface area contributed by atoms with Crippen LogP contribution < -0.4 is 5.32 Å². The Hall–Kier alpha value is -2.66. The van der Waals surface area contributed by atoms with Gasteiger partial charge in [0, 0.05) is 30.5 Å². The highest BCUT2D eigenvalue weighted by Gasteiger charge is 2.52. The lowest BCUT2D eigenvalue weighted by atomic mass is 9.78. The highest BCUT2D eigenvalue weighted by molar-refractivity contribution is 5.79. The fourth-order valence-electron chi connectivity index (χ4n) is 5.37. The Morgan fingerprint density at radius 3 is 2.11 bits per heavy atom. The molecule has 2 heterocycles. The molecule has 2 aliphatic rings. The summed E-state index contributed by atoms with van der Waals surface area (Å²) in [6.45, 7) is 3.40. The lowest BCUT2D eigenvalue weighted by molar-refractivity contribution is -0.143. The number of piperidine rings is 1. The van der Waals surface area contributed by atoms with E-state index in [1.807, 2.05) is 6.92 Å². The number of rotatable bonds is 5. The van der Waals surface area contributed by atoms with Crippen LogP contribution in [0.15, 0.2) is 42.5 Å². The number of ether oxygens (including phenoxy) is 1. The average molecular weight is 532 g/mol. The van der Waals surface area contributed by atoms with Gasteiger partial charge < -0.3 is 15.0 Å². The molecule has 11 heteroatoms. The number of nitrogens with zero attached hydrogens (tertiary/aromatic N) is 1. The molecule has 0 spiro atoms. The summed E-state index contributed by atoms with van der Waals surface area (Å²) in [5.41, 5.74) is -2.98. The zero-order valence-electron chi connectivity index (χ0n) is 20.4. The standard InChI is InChI=1S/C26H27F7N2O2/c1-14(16-8-17(25(28,29)30)10-18(9-16)26(31,32)33)37-21-13-35-20(11-24(2,34-3)12-22(35)36)23(21)15-4-6-19(27)7-5-15/h4-10,14,20-21,23,34H,11-13H2,1-3H3/t14-,20?,21+,23?,24?/m1/s1. The second-order valence-electron chi connectivity index (χ2n) is 10.0. The van der Waals surface area contributed by atoms with Gasteiger partial charge in [-0.15, -0.1) is 0 Å². The van der Waals surface area contributed by atoms with Gasteiger partial charge in [-0.3, -0.25) is 4.79 Å². The molecule has 3 unspecified atom stereocenters. The largest absolute Gasteiger partial charge is 0.416 e. The second-order valence-corrected chi connectivity index (χ2v) is 10.0. The lowest BCUT2D eigenvalue weighted by Crippen LogP contribution is -2.56. The van der Waals surface area contributed by atoms with Crippen molar-refractivity contribution in [2.24, 2.45) is 0 Å². The molecule has 0 aromatic heterocycles. The summed E-state index contributed by atoms with van der Waals surface area (Å²) < 4.78 is 100. The molecule has 0 radical (unpaired) electrons. The highest BCUT2D eigenvalue weighted by atomic mass is 19.4. The number of halogens is 7. The number of nitrogens with one attached hydrogen (secondary N) is 1. The van der Waals surface area contributed by atoms with Gasteiger partial charge in [-0.05, 0) is 68.8 Å². The van der Waals surface area contributed by atoms with Gasteiger partial charge in [0.15, 0.2) is 0 Å². The molecule has 4 rings (SSSR count). The van der Waals surface area contributed by atoms with Crippen LogP contribution in [0.3, 0.4) is 0 Å². The SMILES string of the molecule is CNC1(C)CC(=O)N2C[C@H](O[C@H](C)c3cc(C(F)(F)F)cc(C(F)(F)F)c3)C(c3ccc(F)cc3)C2C1. The fraction of sp³-hybridized carbons (Fsp3) is 0.500. The van der Waals surface area contributed by atoms with E-state index in [-0.39, 0.29) is 36.5 Å². The molecule has 202 valence electrons. The molecule has 2 aromatic carbocycles. The first-order valence-electron chi connectivity index (χ1n) is 11.8. The summed E-state index contributed by atoms with van der Waals surface area (Å²) in [5.74, 6) is -1.07. The Labute approximate surface area is 209 Å². The van der Waals surface area contributed by atoms with Crippen LogP contribution >= 0.6 is 0 Å². The van der Waals surface area contributed by atoms with Crippen molar-refractivity contribution in [1.29, 1.82) is 0 Å². The maximum atomic E-state index is 13.7. The van der Waals surface area contributed by atoms with Crippen molar-refractivity contribution in [3.05, 3.63) is 70.5 Å². The van der Waals surface area contributed by atoms with Crippen LogP contribution in [0.2, 0.25) is 0 Å². The van der Waals surface area contributed by atoms with Crippen LogP contribution in [0, 0.1) is 5.82 Å². The van der Waals surface area contributed by atoms with Crippen LogP contribution in [-0.2, 0) is 21.9 Å². The van der Waals surface area contributed by atoms with Crippen molar-refractivity contribution in [2.75, 3.05) is 13.6 Å². The Balaban J connectivity index is 1.70. The number of alkyl halides is 6. The van der Waals surface area contributed by atoms with Gasteiger partial charge in [0.05, 0.1) is 23.3 Å². The third kappa shape index (κ3) is 5.62. The van der Waals surface area contributed by atoms with Crippen molar-refractivity contribution in [3.8, 4) is 0 Å². The van der Waals surface area contributed by atoms with E-state index in [2.05, 4.69) is 5.32 Å². The molecule has 0 aliphatic carbocycles. The number of benzene rings is 2. The highest BCUT2D eigenvalue weighted by Crippen LogP contribution is 2.45. The van der Waals surface area contributed by atoms with Gasteiger partial charge in [0.1, 0.15) is 5.82 Å². The summed E-state index contributed by atoms with van der Waals surface area (Å²) in [7, 11) is 1.74. The maximum Gasteiger partial charge on any atom is 0.416 e. The first-order chi connectivity index (χ1) is 17.1. The van der Waals surface area contributed by atoms with Crippen LogP contribution in [0.4, 0.5) is 30.7 Å². The topological polar surface area (TPSA) is 41.6 Å². The summed E-state index contributed by atoms with van der Waals surface area (Å²) in [6, 6.07) is 6.68. The molecule has 2 fully saturated rings. The zero-order valence-corrected chi connectivity index (χ0v) is 20.4. The number of amides is 1. The molecule has 0 bridgehead atoms. The molecular weight excluding hydrogens is 505 g/mol. The van der Waals surface area contributed by atoms with Gasteiger partial charge in [0.2, 0.25) is 5.91 Å². The first kappa shape index (κ1) is 27.4. The van der Waals surface area contributed by atoms with Crippen molar-refractivity contribution >= 4 is 5.91 Å². The quantitative estimate of drug-likeness (QED) is 0.475. The molecule has 4 nitrogen and oxygen atoms in total. The summed E-state index contributed by atoms with van der Waals surface area (Å²) >= 11 is 0. The molecule has 1 N–H and O–H groups in total. The maximum absolute atomic E-state index is 13.7. The second kappa shape index (κ2) is 9.58. The predicted molar refractivity (Wildman–Crippen MR) is 121 cm³/mol. The van der Waals surface area contributed by atoms with Crippen LogP contribution in [0.5, 0.6) is 0 Å². The Morgan fingerprint density at radius 1 is 1.03 bits per heavy atom. The Bertz CT molecular complexity index is 1120. The monoisotopic (exact) mass is 532 g/mol. The van der Waals surface area contributed by atoms with Crippen molar-refractivity contribution in [1.82, 2.24) is 10.2 Å². The van der Waals surface area contributed by atoms with Crippen LogP contribution in [0.25, 0.3) is 0 Å². The van der Waals surface area contributed by atoms with Crippen molar-refractivity contribution in [3.63, 3.8) is 0 Å².